The van der Waals surface area contributed by atoms with Gasteiger partial charge in [-0.2, -0.15) is 0 Å². The smallest absolute Gasteiger partial charge is 0.216 e. The molecule has 0 aliphatic carbocycles. The molecule has 0 unspecified atom stereocenters. The van der Waals surface area contributed by atoms with Crippen molar-refractivity contribution >= 4 is 46.7 Å². The van der Waals surface area contributed by atoms with Crippen LogP contribution in [0.5, 0.6) is 0 Å². The number of carbonyl (C=O) groups is 2. The summed E-state index contributed by atoms with van der Waals surface area (Å²) in [5, 5.41) is 12.9. The van der Waals surface area contributed by atoms with Crippen LogP contribution in [0.1, 0.15) is 48.9 Å². The highest BCUT2D eigenvalue weighted by Gasteiger charge is 2.17. The number of hydrogen-bond acceptors (Lipinski definition) is 5. The molecule has 1 aromatic heterocycles. The Morgan fingerprint density at radius 3 is 2.44 bits per heavy atom. The number of hydrogen-bond donors (Lipinski definition) is 1. The molecule has 0 saturated carbocycles. The molecule has 0 aliphatic rings. The van der Waals surface area contributed by atoms with Gasteiger partial charge in [-0.1, -0.05) is 73.1 Å². The number of nitrogens with zero attached hydrogens (tertiary/aromatic N) is 3. The average Bonchev–Trinajstić information content (AvgIpc) is 3.19. The summed E-state index contributed by atoms with van der Waals surface area (Å²) in [4.78, 5) is 24.0. The van der Waals surface area contributed by atoms with Gasteiger partial charge in [0.1, 0.15) is 5.82 Å². The summed E-state index contributed by atoms with van der Waals surface area (Å²) in [6.45, 7) is 6.38. The predicted molar refractivity (Wildman–Crippen MR) is 138 cm³/mol. The molecule has 0 atom stereocenters. The van der Waals surface area contributed by atoms with E-state index in [1.54, 1.807) is 12.1 Å². The fraction of sp³-hybridized carbons (Fsp3) is 0.360. The van der Waals surface area contributed by atoms with Crippen molar-refractivity contribution in [3.05, 3.63) is 69.5 Å². The first-order valence-electron chi connectivity index (χ1n) is 11.1. The monoisotopic (exact) mass is 518 g/mol. The Balaban J connectivity index is 1.76. The summed E-state index contributed by atoms with van der Waals surface area (Å²) in [7, 11) is 0. The molecule has 9 heteroatoms. The maximum Gasteiger partial charge on any atom is 0.216 e. The van der Waals surface area contributed by atoms with E-state index < -0.39 is 0 Å². The topological polar surface area (TPSA) is 76.9 Å². The van der Waals surface area contributed by atoms with Gasteiger partial charge >= 0.3 is 0 Å². The van der Waals surface area contributed by atoms with Crippen LogP contribution < -0.4 is 5.32 Å². The molecule has 0 aliphatic heterocycles. The largest absolute Gasteiger partial charge is 0.356 e. The van der Waals surface area contributed by atoms with Crippen molar-refractivity contribution in [3.8, 4) is 5.69 Å². The zero-order valence-electron chi connectivity index (χ0n) is 19.5. The fourth-order valence-electron chi connectivity index (χ4n) is 3.46. The molecule has 34 heavy (non-hydrogen) atoms. The normalized spacial score (nSPS) is 11.1. The minimum atomic E-state index is -0.0713. The van der Waals surface area contributed by atoms with E-state index in [9.17, 15) is 9.59 Å². The number of benzene rings is 2. The minimum absolute atomic E-state index is 0.0250. The molecule has 0 fully saturated rings. The molecule has 0 bridgehead atoms. The Labute approximate surface area is 214 Å². The highest BCUT2D eigenvalue weighted by Crippen LogP contribution is 2.29. The third-order valence-electron chi connectivity index (χ3n) is 5.07. The van der Waals surface area contributed by atoms with Crippen molar-refractivity contribution in [2.24, 2.45) is 5.92 Å². The number of aryl methyl sites for hydroxylation is 1. The van der Waals surface area contributed by atoms with Crippen molar-refractivity contribution < 1.29 is 9.59 Å². The van der Waals surface area contributed by atoms with E-state index in [1.807, 2.05) is 34.9 Å². The molecule has 3 rings (SSSR count). The van der Waals surface area contributed by atoms with Crippen molar-refractivity contribution in [1.29, 1.82) is 0 Å². The summed E-state index contributed by atoms with van der Waals surface area (Å²) in [5.74, 6) is 1.47. The molecule has 180 valence electrons. The zero-order chi connectivity index (χ0) is 24.7. The SMILES string of the molecule is CC(=O)NCCCc1nnc(SCC(=O)c2ccc(CC(C)C)cc2)n1-c1ccc(Cl)c(Cl)c1. The summed E-state index contributed by atoms with van der Waals surface area (Å²) < 4.78 is 1.89. The number of carbonyl (C=O) groups excluding carboxylic acids is 2. The average molecular weight is 519 g/mol. The van der Waals surface area contributed by atoms with Gasteiger partial charge in [-0.05, 0) is 42.5 Å². The first-order valence-corrected chi connectivity index (χ1v) is 12.9. The van der Waals surface area contributed by atoms with Gasteiger partial charge in [0, 0.05) is 25.5 Å². The molecule has 2 aromatic carbocycles. The Morgan fingerprint density at radius 2 is 1.79 bits per heavy atom. The Hall–Kier alpha value is -2.35. The number of nitrogens with one attached hydrogen (secondary N) is 1. The first-order chi connectivity index (χ1) is 16.2. The molecule has 1 heterocycles. The predicted octanol–water partition coefficient (Wildman–Crippen LogP) is 5.82. The molecule has 0 saturated heterocycles. The number of ketones is 1. The quantitative estimate of drug-likeness (QED) is 0.196. The zero-order valence-corrected chi connectivity index (χ0v) is 21.8. The van der Waals surface area contributed by atoms with Gasteiger partial charge in [0.15, 0.2) is 10.9 Å². The van der Waals surface area contributed by atoms with Crippen molar-refractivity contribution in [2.75, 3.05) is 12.3 Å². The molecule has 0 radical (unpaired) electrons. The maximum absolute atomic E-state index is 12.8. The van der Waals surface area contributed by atoms with E-state index in [-0.39, 0.29) is 17.4 Å². The van der Waals surface area contributed by atoms with Crippen LogP contribution in [0.2, 0.25) is 10.0 Å². The van der Waals surface area contributed by atoms with Crippen LogP contribution >= 0.6 is 35.0 Å². The molecule has 1 amide bonds. The van der Waals surface area contributed by atoms with Crippen LogP contribution in [-0.4, -0.2) is 38.8 Å². The molecule has 1 N–H and O–H groups in total. The Bertz CT molecular complexity index is 1150. The van der Waals surface area contributed by atoms with Crippen LogP contribution in [0.25, 0.3) is 5.69 Å². The van der Waals surface area contributed by atoms with E-state index in [4.69, 9.17) is 23.2 Å². The van der Waals surface area contributed by atoms with Crippen LogP contribution in [0.3, 0.4) is 0 Å². The van der Waals surface area contributed by atoms with Gasteiger partial charge in [0.05, 0.1) is 21.5 Å². The second-order valence-corrected chi connectivity index (χ2v) is 10.2. The Morgan fingerprint density at radius 1 is 1.06 bits per heavy atom. The number of Topliss-reactive ketones (excluding diaryl/α,β-unsaturated/α-hetero) is 1. The van der Waals surface area contributed by atoms with Gasteiger partial charge in [0.2, 0.25) is 5.91 Å². The Kier molecular flexibility index (Phi) is 9.56. The molecular weight excluding hydrogens is 491 g/mol. The van der Waals surface area contributed by atoms with E-state index in [1.165, 1.54) is 24.2 Å². The van der Waals surface area contributed by atoms with Crippen LogP contribution in [0.4, 0.5) is 0 Å². The second kappa shape index (κ2) is 12.4. The van der Waals surface area contributed by atoms with Gasteiger partial charge in [-0.15, -0.1) is 10.2 Å². The van der Waals surface area contributed by atoms with Crippen molar-refractivity contribution in [3.63, 3.8) is 0 Å². The summed E-state index contributed by atoms with van der Waals surface area (Å²) in [6.07, 6.45) is 2.28. The standard InChI is InChI=1S/C25H28Cl2N4O2S/c1-16(2)13-18-6-8-19(9-7-18)23(33)15-34-25-30-29-24(5-4-12-28-17(3)32)31(25)20-10-11-21(26)22(27)14-20/h6-11,14,16H,4-5,12-13,15H2,1-3H3,(H,28,32). The highest BCUT2D eigenvalue weighted by atomic mass is 35.5. The third kappa shape index (κ3) is 7.32. The molecule has 6 nitrogen and oxygen atoms in total. The van der Waals surface area contributed by atoms with E-state index in [2.05, 4.69) is 29.4 Å². The van der Waals surface area contributed by atoms with Crippen molar-refractivity contribution in [1.82, 2.24) is 20.1 Å². The van der Waals surface area contributed by atoms with Crippen LogP contribution in [-0.2, 0) is 17.6 Å². The number of thioether (sulfide) groups is 1. The van der Waals surface area contributed by atoms with Crippen LogP contribution in [0, 0.1) is 5.92 Å². The number of halogens is 2. The third-order valence-corrected chi connectivity index (χ3v) is 6.73. The van der Waals surface area contributed by atoms with Gasteiger partial charge in [0.25, 0.3) is 0 Å². The van der Waals surface area contributed by atoms with E-state index in [0.717, 1.165) is 17.9 Å². The van der Waals surface area contributed by atoms with Gasteiger partial charge in [-0.25, -0.2) is 0 Å². The molecule has 3 aromatic rings. The number of rotatable bonds is 11. The maximum atomic E-state index is 12.8. The first kappa shape index (κ1) is 26.3. The molecule has 0 spiro atoms. The van der Waals surface area contributed by atoms with Gasteiger partial charge < -0.3 is 5.32 Å². The van der Waals surface area contributed by atoms with E-state index >= 15 is 0 Å². The van der Waals surface area contributed by atoms with Gasteiger partial charge in [-0.3, -0.25) is 14.2 Å². The minimum Gasteiger partial charge on any atom is -0.356 e. The van der Waals surface area contributed by atoms with Crippen LogP contribution in [0.15, 0.2) is 47.6 Å². The lowest BCUT2D eigenvalue weighted by Gasteiger charge is -2.11. The summed E-state index contributed by atoms with van der Waals surface area (Å²) >= 11 is 13.7. The van der Waals surface area contributed by atoms with Crippen molar-refractivity contribution in [2.45, 2.75) is 45.2 Å². The summed E-state index contributed by atoms with van der Waals surface area (Å²) in [6, 6.07) is 13.1. The lowest BCUT2D eigenvalue weighted by atomic mass is 10.0. The second-order valence-electron chi connectivity index (χ2n) is 8.43. The molecular formula is C25H28Cl2N4O2S. The fourth-order valence-corrected chi connectivity index (χ4v) is 4.62. The highest BCUT2D eigenvalue weighted by molar-refractivity contribution is 7.99. The van der Waals surface area contributed by atoms with E-state index in [0.29, 0.717) is 46.1 Å². The lowest BCUT2D eigenvalue weighted by Crippen LogP contribution is -2.21. The number of amides is 1. The lowest BCUT2D eigenvalue weighted by molar-refractivity contribution is -0.118. The number of aromatic nitrogens is 3. The summed E-state index contributed by atoms with van der Waals surface area (Å²) in [5.41, 5.74) is 2.67.